The molecule has 0 saturated carbocycles. The number of amides is 1. The molecule has 126 valence electrons. The molecule has 2 aromatic carbocycles. The van der Waals surface area contributed by atoms with Crippen LogP contribution in [0.4, 0.5) is 10.1 Å². The van der Waals surface area contributed by atoms with Crippen molar-refractivity contribution < 1.29 is 9.18 Å². The highest BCUT2D eigenvalue weighted by atomic mass is 19.1. The maximum absolute atomic E-state index is 12.9. The van der Waals surface area contributed by atoms with Crippen molar-refractivity contribution in [2.45, 2.75) is 19.8 Å². The van der Waals surface area contributed by atoms with E-state index in [1.54, 1.807) is 12.1 Å². The van der Waals surface area contributed by atoms with Crippen LogP contribution >= 0.6 is 0 Å². The molecule has 2 aromatic rings. The lowest BCUT2D eigenvalue weighted by atomic mass is 10.0. The Morgan fingerprint density at radius 2 is 1.96 bits per heavy atom. The zero-order chi connectivity index (χ0) is 16.9. The van der Waals surface area contributed by atoms with Gasteiger partial charge in [0.2, 0.25) is 5.91 Å². The van der Waals surface area contributed by atoms with E-state index in [2.05, 4.69) is 34.5 Å². The van der Waals surface area contributed by atoms with Crippen molar-refractivity contribution in [3.05, 3.63) is 65.5 Å². The molecule has 0 spiro atoms. The summed E-state index contributed by atoms with van der Waals surface area (Å²) in [5, 5.41) is 3.02. The molecular weight excluding hydrogens is 303 g/mol. The molecule has 1 heterocycles. The van der Waals surface area contributed by atoms with Crippen molar-refractivity contribution in [3.63, 3.8) is 0 Å². The number of hydrogen-bond acceptors (Lipinski definition) is 2. The molecule has 0 radical (unpaired) electrons. The Balaban J connectivity index is 1.45. The minimum atomic E-state index is -0.248. The molecule has 0 aromatic heterocycles. The van der Waals surface area contributed by atoms with Gasteiger partial charge >= 0.3 is 0 Å². The lowest BCUT2D eigenvalue weighted by Gasteiger charge is -2.20. The van der Waals surface area contributed by atoms with Gasteiger partial charge in [-0.1, -0.05) is 37.3 Å². The lowest BCUT2D eigenvalue weighted by Crippen LogP contribution is -2.37. The molecule has 1 amide bonds. The second kappa shape index (κ2) is 7.47. The fourth-order valence-corrected chi connectivity index (χ4v) is 3.19. The zero-order valence-electron chi connectivity index (χ0n) is 14.0. The van der Waals surface area contributed by atoms with Crippen molar-refractivity contribution in [3.8, 4) is 0 Å². The van der Waals surface area contributed by atoms with E-state index in [0.29, 0.717) is 13.0 Å². The van der Waals surface area contributed by atoms with Crippen molar-refractivity contribution in [2.75, 3.05) is 24.5 Å². The van der Waals surface area contributed by atoms with Crippen LogP contribution in [0, 0.1) is 11.7 Å². The quantitative estimate of drug-likeness (QED) is 0.884. The van der Waals surface area contributed by atoms with E-state index < -0.39 is 0 Å². The fourth-order valence-electron chi connectivity index (χ4n) is 3.19. The monoisotopic (exact) mass is 326 g/mol. The molecule has 3 nitrogen and oxygen atoms in total. The zero-order valence-corrected chi connectivity index (χ0v) is 14.0. The van der Waals surface area contributed by atoms with Gasteiger partial charge in [-0.2, -0.15) is 0 Å². The van der Waals surface area contributed by atoms with Crippen molar-refractivity contribution >= 4 is 11.6 Å². The number of carbonyl (C=O) groups is 1. The molecule has 0 fully saturated rings. The van der Waals surface area contributed by atoms with Gasteiger partial charge in [0, 0.05) is 31.2 Å². The van der Waals surface area contributed by atoms with Crippen LogP contribution in [-0.2, 0) is 17.6 Å². The summed E-state index contributed by atoms with van der Waals surface area (Å²) in [6.07, 6.45) is 1.70. The highest BCUT2D eigenvalue weighted by Crippen LogP contribution is 2.26. The van der Waals surface area contributed by atoms with Gasteiger partial charge in [0.1, 0.15) is 5.82 Å². The first kappa shape index (κ1) is 16.5. The van der Waals surface area contributed by atoms with Gasteiger partial charge < -0.3 is 10.2 Å². The molecular formula is C20H23FN2O. The predicted octanol–water partition coefficient (Wildman–Crippen LogP) is 3.18. The number of anilines is 1. The Bertz CT molecular complexity index is 699. The van der Waals surface area contributed by atoms with Gasteiger partial charge in [-0.3, -0.25) is 4.79 Å². The lowest BCUT2D eigenvalue weighted by molar-refractivity contribution is -0.124. The van der Waals surface area contributed by atoms with E-state index >= 15 is 0 Å². The first-order chi connectivity index (χ1) is 11.6. The Labute approximate surface area is 142 Å². The van der Waals surface area contributed by atoms with Gasteiger partial charge in [-0.25, -0.2) is 4.39 Å². The average molecular weight is 326 g/mol. The van der Waals surface area contributed by atoms with E-state index in [4.69, 9.17) is 0 Å². The number of rotatable bonds is 6. The Morgan fingerprint density at radius 1 is 1.21 bits per heavy atom. The Kier molecular flexibility index (Phi) is 5.14. The van der Waals surface area contributed by atoms with Crippen molar-refractivity contribution in [2.24, 2.45) is 5.92 Å². The Morgan fingerprint density at radius 3 is 2.75 bits per heavy atom. The number of fused-ring (bicyclic) bond motifs is 1. The first-order valence-corrected chi connectivity index (χ1v) is 8.48. The molecule has 24 heavy (non-hydrogen) atoms. The SMILES string of the molecule is CC(Cc1ccc(F)cc1)C(=O)NCCN1CCc2ccccc21. The van der Waals surface area contributed by atoms with Gasteiger partial charge in [0.25, 0.3) is 0 Å². The van der Waals surface area contributed by atoms with Crippen LogP contribution in [0.2, 0.25) is 0 Å². The summed E-state index contributed by atoms with van der Waals surface area (Å²) in [6, 6.07) is 14.8. The highest BCUT2D eigenvalue weighted by molar-refractivity contribution is 5.78. The summed E-state index contributed by atoms with van der Waals surface area (Å²) in [4.78, 5) is 14.5. The second-order valence-electron chi connectivity index (χ2n) is 6.39. The van der Waals surface area contributed by atoms with Gasteiger partial charge in [0.05, 0.1) is 0 Å². The van der Waals surface area contributed by atoms with Crippen LogP contribution in [0.15, 0.2) is 48.5 Å². The minimum Gasteiger partial charge on any atom is -0.369 e. The summed E-state index contributed by atoms with van der Waals surface area (Å²) in [5.41, 5.74) is 3.65. The van der Waals surface area contributed by atoms with E-state index in [0.717, 1.165) is 25.1 Å². The molecule has 4 heteroatoms. The van der Waals surface area contributed by atoms with Crippen LogP contribution in [0.25, 0.3) is 0 Å². The number of halogens is 1. The molecule has 1 atom stereocenters. The van der Waals surface area contributed by atoms with E-state index in [9.17, 15) is 9.18 Å². The molecule has 1 aliphatic rings. The summed E-state index contributed by atoms with van der Waals surface area (Å²) in [5.74, 6) is -0.324. The summed E-state index contributed by atoms with van der Waals surface area (Å²) < 4.78 is 12.9. The van der Waals surface area contributed by atoms with E-state index in [1.165, 1.54) is 23.4 Å². The normalized spacial score (nSPS) is 14.3. The molecule has 1 unspecified atom stereocenters. The number of para-hydroxylation sites is 1. The molecule has 0 bridgehead atoms. The van der Waals surface area contributed by atoms with Gasteiger partial charge in [-0.15, -0.1) is 0 Å². The third kappa shape index (κ3) is 3.94. The van der Waals surface area contributed by atoms with Crippen LogP contribution < -0.4 is 10.2 Å². The number of hydrogen-bond donors (Lipinski definition) is 1. The van der Waals surface area contributed by atoms with E-state index in [1.807, 2.05) is 6.92 Å². The predicted molar refractivity (Wildman–Crippen MR) is 94.6 cm³/mol. The smallest absolute Gasteiger partial charge is 0.223 e. The molecule has 1 aliphatic heterocycles. The molecule has 3 rings (SSSR count). The fraction of sp³-hybridized carbons (Fsp3) is 0.350. The third-order valence-corrected chi connectivity index (χ3v) is 4.57. The van der Waals surface area contributed by atoms with Crippen molar-refractivity contribution in [1.82, 2.24) is 5.32 Å². The van der Waals surface area contributed by atoms with Crippen LogP contribution in [0.1, 0.15) is 18.1 Å². The second-order valence-corrected chi connectivity index (χ2v) is 6.39. The van der Waals surface area contributed by atoms with Crippen molar-refractivity contribution in [1.29, 1.82) is 0 Å². The first-order valence-electron chi connectivity index (χ1n) is 8.48. The number of nitrogens with one attached hydrogen (secondary N) is 1. The van der Waals surface area contributed by atoms with Gasteiger partial charge in [0.15, 0.2) is 0 Å². The molecule has 0 saturated heterocycles. The maximum Gasteiger partial charge on any atom is 0.223 e. The summed E-state index contributed by atoms with van der Waals surface area (Å²) in [7, 11) is 0. The number of nitrogens with zero attached hydrogens (tertiary/aromatic N) is 1. The van der Waals surface area contributed by atoms with Crippen LogP contribution in [-0.4, -0.2) is 25.5 Å². The standard InChI is InChI=1S/C20H23FN2O/c1-15(14-16-6-8-18(21)9-7-16)20(24)22-11-13-23-12-10-17-4-2-3-5-19(17)23/h2-9,15H,10-14H2,1H3,(H,22,24). The summed E-state index contributed by atoms with van der Waals surface area (Å²) >= 11 is 0. The Hall–Kier alpha value is -2.36. The minimum absolute atomic E-state index is 0.0480. The van der Waals surface area contributed by atoms with Gasteiger partial charge in [-0.05, 0) is 42.2 Å². The molecule has 0 aliphatic carbocycles. The largest absolute Gasteiger partial charge is 0.369 e. The molecule has 1 N–H and O–H groups in total. The topological polar surface area (TPSA) is 32.3 Å². The average Bonchev–Trinajstić information content (AvgIpc) is 3.00. The third-order valence-electron chi connectivity index (χ3n) is 4.57. The maximum atomic E-state index is 12.9. The van der Waals surface area contributed by atoms with E-state index in [-0.39, 0.29) is 17.6 Å². The number of benzene rings is 2. The van der Waals surface area contributed by atoms with Crippen LogP contribution in [0.3, 0.4) is 0 Å². The van der Waals surface area contributed by atoms with Crippen LogP contribution in [0.5, 0.6) is 0 Å². The summed E-state index contributed by atoms with van der Waals surface area (Å²) in [6.45, 7) is 4.39. The number of carbonyl (C=O) groups excluding carboxylic acids is 1. The highest BCUT2D eigenvalue weighted by Gasteiger charge is 2.18.